The maximum atomic E-state index is 5.62. The minimum Gasteiger partial charge on any atom is -0.376 e. The molecule has 0 amide bonds. The van der Waals surface area contributed by atoms with Crippen LogP contribution in [-0.4, -0.2) is 43.1 Å². The summed E-state index contributed by atoms with van der Waals surface area (Å²) in [5, 5.41) is 7.22. The van der Waals surface area contributed by atoms with Crippen molar-refractivity contribution in [2.75, 3.05) is 19.8 Å². The van der Waals surface area contributed by atoms with Gasteiger partial charge in [0, 0.05) is 19.8 Å². The Morgan fingerprint density at radius 2 is 2.06 bits per heavy atom. The Bertz CT molecular complexity index is 251. The van der Waals surface area contributed by atoms with Gasteiger partial charge in [-0.15, -0.1) is 0 Å². The van der Waals surface area contributed by atoms with Crippen molar-refractivity contribution in [1.29, 1.82) is 0 Å². The van der Waals surface area contributed by atoms with E-state index in [-0.39, 0.29) is 6.04 Å². The summed E-state index contributed by atoms with van der Waals surface area (Å²) in [4.78, 5) is 0. The zero-order valence-corrected chi connectivity index (χ0v) is 11.2. The van der Waals surface area contributed by atoms with E-state index in [9.17, 15) is 0 Å². The van der Waals surface area contributed by atoms with Gasteiger partial charge in [-0.3, -0.25) is 0 Å². The fraction of sp³-hybridized carbons (Fsp3) is 0.917. The van der Waals surface area contributed by atoms with E-state index in [1.165, 1.54) is 6.42 Å². The minimum atomic E-state index is 0.280. The molecular formula is C12H22N2O2S. The Hall–Kier alpha value is -0.390. The van der Waals surface area contributed by atoms with Crippen LogP contribution in [0.5, 0.6) is 0 Å². The highest BCUT2D eigenvalue weighted by Crippen LogP contribution is 2.15. The van der Waals surface area contributed by atoms with Crippen molar-refractivity contribution in [3.05, 3.63) is 0 Å². The molecule has 0 aliphatic carbocycles. The lowest BCUT2D eigenvalue weighted by Gasteiger charge is -2.22. The summed E-state index contributed by atoms with van der Waals surface area (Å²) in [6.07, 6.45) is 5.22. The summed E-state index contributed by atoms with van der Waals surface area (Å²) in [6, 6.07) is 0.280. The van der Waals surface area contributed by atoms with Crippen LogP contribution >= 0.6 is 12.2 Å². The van der Waals surface area contributed by atoms with Gasteiger partial charge in [0.2, 0.25) is 0 Å². The Morgan fingerprint density at radius 1 is 1.29 bits per heavy atom. The van der Waals surface area contributed by atoms with Crippen LogP contribution in [-0.2, 0) is 9.47 Å². The van der Waals surface area contributed by atoms with Crippen molar-refractivity contribution in [1.82, 2.24) is 10.6 Å². The Balaban J connectivity index is 1.62. The van der Waals surface area contributed by atoms with Gasteiger partial charge in [-0.05, 0) is 44.8 Å². The summed E-state index contributed by atoms with van der Waals surface area (Å²) < 4.78 is 11.2. The van der Waals surface area contributed by atoms with Gasteiger partial charge >= 0.3 is 0 Å². The first-order chi connectivity index (χ1) is 8.25. The van der Waals surface area contributed by atoms with Crippen molar-refractivity contribution in [2.45, 2.75) is 50.9 Å². The third-order valence-electron chi connectivity index (χ3n) is 3.40. The predicted octanol–water partition coefficient (Wildman–Crippen LogP) is 1.20. The number of hydrogen-bond donors (Lipinski definition) is 2. The van der Waals surface area contributed by atoms with Crippen LogP contribution in [0.1, 0.15) is 32.6 Å². The number of nitrogens with one attached hydrogen (secondary N) is 2. The number of rotatable bonds is 4. The molecule has 0 spiro atoms. The van der Waals surface area contributed by atoms with E-state index < -0.39 is 0 Å². The third-order valence-corrected chi connectivity index (χ3v) is 3.66. The SMILES string of the molecule is C[C@H](NC(=S)NC[C@H]1CCCO1)[C@H]1CCCO1. The normalized spacial score (nSPS) is 30.2. The molecule has 2 heterocycles. The maximum absolute atomic E-state index is 5.62. The molecule has 0 aromatic heterocycles. The average Bonchev–Trinajstić information content (AvgIpc) is 2.99. The number of thiocarbonyl (C=S) groups is 1. The van der Waals surface area contributed by atoms with Crippen LogP contribution < -0.4 is 10.6 Å². The number of ether oxygens (including phenoxy) is 2. The maximum Gasteiger partial charge on any atom is 0.166 e. The molecule has 4 nitrogen and oxygen atoms in total. The third kappa shape index (κ3) is 4.08. The van der Waals surface area contributed by atoms with Crippen molar-refractivity contribution in [2.24, 2.45) is 0 Å². The van der Waals surface area contributed by atoms with Gasteiger partial charge in [-0.1, -0.05) is 0 Å². The highest BCUT2D eigenvalue weighted by molar-refractivity contribution is 7.80. The molecule has 2 aliphatic heterocycles. The smallest absolute Gasteiger partial charge is 0.166 e. The largest absolute Gasteiger partial charge is 0.376 e. The van der Waals surface area contributed by atoms with Crippen LogP contribution in [0.15, 0.2) is 0 Å². The molecule has 0 bridgehead atoms. The Morgan fingerprint density at radius 3 is 2.71 bits per heavy atom. The van der Waals surface area contributed by atoms with E-state index in [0.717, 1.165) is 39.0 Å². The molecule has 5 heteroatoms. The molecule has 0 radical (unpaired) electrons. The van der Waals surface area contributed by atoms with Crippen LogP contribution in [0.25, 0.3) is 0 Å². The average molecular weight is 258 g/mol. The molecule has 2 rings (SSSR count). The van der Waals surface area contributed by atoms with E-state index in [1.807, 2.05) is 0 Å². The highest BCUT2D eigenvalue weighted by atomic mass is 32.1. The summed E-state index contributed by atoms with van der Waals surface area (Å²) >= 11 is 5.27. The van der Waals surface area contributed by atoms with Gasteiger partial charge in [0.1, 0.15) is 0 Å². The molecule has 0 aromatic carbocycles. The fourth-order valence-corrected chi connectivity index (χ4v) is 2.63. The zero-order valence-electron chi connectivity index (χ0n) is 10.4. The quantitative estimate of drug-likeness (QED) is 0.742. The topological polar surface area (TPSA) is 42.5 Å². The van der Waals surface area contributed by atoms with Crippen LogP contribution in [0, 0.1) is 0 Å². The Kier molecular flexibility index (Phi) is 5.00. The first-order valence-electron chi connectivity index (χ1n) is 6.53. The summed E-state index contributed by atoms with van der Waals surface area (Å²) in [6.45, 7) is 4.70. The molecule has 0 unspecified atom stereocenters. The molecular weight excluding hydrogens is 236 g/mol. The first kappa shape index (κ1) is 13.1. The summed E-state index contributed by atoms with van der Waals surface area (Å²) in [5.41, 5.74) is 0. The van der Waals surface area contributed by atoms with E-state index in [1.54, 1.807) is 0 Å². The van der Waals surface area contributed by atoms with Crippen molar-refractivity contribution in [3.8, 4) is 0 Å². The van der Waals surface area contributed by atoms with Crippen molar-refractivity contribution < 1.29 is 9.47 Å². The van der Waals surface area contributed by atoms with E-state index in [4.69, 9.17) is 21.7 Å². The van der Waals surface area contributed by atoms with E-state index >= 15 is 0 Å². The lowest BCUT2D eigenvalue weighted by molar-refractivity contribution is 0.0889. The molecule has 2 fully saturated rings. The van der Waals surface area contributed by atoms with Crippen LogP contribution in [0.3, 0.4) is 0 Å². The van der Waals surface area contributed by atoms with Crippen molar-refractivity contribution in [3.63, 3.8) is 0 Å². The Labute approximate surface area is 108 Å². The van der Waals surface area contributed by atoms with Gasteiger partial charge in [-0.25, -0.2) is 0 Å². The lowest BCUT2D eigenvalue weighted by atomic mass is 10.1. The first-order valence-corrected chi connectivity index (χ1v) is 6.94. The van der Waals surface area contributed by atoms with Crippen LogP contribution in [0.2, 0.25) is 0 Å². The number of hydrogen-bond acceptors (Lipinski definition) is 3. The fourth-order valence-electron chi connectivity index (χ4n) is 2.36. The molecule has 2 aliphatic rings. The van der Waals surface area contributed by atoms with Gasteiger partial charge in [0.05, 0.1) is 18.2 Å². The molecule has 3 atom stereocenters. The van der Waals surface area contributed by atoms with E-state index in [0.29, 0.717) is 17.3 Å². The van der Waals surface area contributed by atoms with Gasteiger partial charge in [0.15, 0.2) is 5.11 Å². The lowest BCUT2D eigenvalue weighted by Crippen LogP contribution is -2.47. The van der Waals surface area contributed by atoms with Gasteiger partial charge < -0.3 is 20.1 Å². The molecule has 17 heavy (non-hydrogen) atoms. The second kappa shape index (κ2) is 6.52. The summed E-state index contributed by atoms with van der Waals surface area (Å²) in [5.74, 6) is 0. The molecule has 2 N–H and O–H groups in total. The zero-order chi connectivity index (χ0) is 12.1. The van der Waals surface area contributed by atoms with E-state index in [2.05, 4.69) is 17.6 Å². The minimum absolute atomic E-state index is 0.280. The molecule has 0 saturated carbocycles. The molecule has 0 aromatic rings. The standard InChI is InChI=1S/C12H22N2O2S/c1-9(11-5-3-7-16-11)14-12(17)13-8-10-4-2-6-15-10/h9-11H,2-8H2,1H3,(H2,13,14,17)/t9-,10+,11+/m0/s1. The van der Waals surface area contributed by atoms with Gasteiger partial charge in [0.25, 0.3) is 0 Å². The van der Waals surface area contributed by atoms with Gasteiger partial charge in [-0.2, -0.15) is 0 Å². The predicted molar refractivity (Wildman–Crippen MR) is 71.1 cm³/mol. The molecule has 98 valence electrons. The van der Waals surface area contributed by atoms with Crippen LogP contribution in [0.4, 0.5) is 0 Å². The monoisotopic (exact) mass is 258 g/mol. The second-order valence-corrected chi connectivity index (χ2v) is 5.24. The molecule has 2 saturated heterocycles. The second-order valence-electron chi connectivity index (χ2n) is 4.83. The highest BCUT2D eigenvalue weighted by Gasteiger charge is 2.23. The van der Waals surface area contributed by atoms with Crippen molar-refractivity contribution >= 4 is 17.3 Å². The summed E-state index contributed by atoms with van der Waals surface area (Å²) in [7, 11) is 0.